The lowest BCUT2D eigenvalue weighted by atomic mass is 9.80. The molecule has 1 aliphatic carbocycles. The molecule has 2 rings (SSSR count). The third kappa shape index (κ3) is 5.32. The molecule has 1 saturated carbocycles. The summed E-state index contributed by atoms with van der Waals surface area (Å²) >= 11 is 0. The van der Waals surface area contributed by atoms with Gasteiger partial charge in [0.2, 0.25) is 0 Å². The molecule has 2 unspecified atom stereocenters. The summed E-state index contributed by atoms with van der Waals surface area (Å²) in [6, 6.07) is 6.77. The molecular weight excluding hydrogens is 271 g/mol. The number of ether oxygens (including phenoxy) is 3. The molecule has 0 saturated heterocycles. The Balaban J connectivity index is 1.68. The molecule has 1 aromatic rings. The molecule has 0 heterocycles. The SMILES string of the molecule is COC1CCCC(OCCOc2cccc(B(O)O)c2)C1. The highest BCUT2D eigenvalue weighted by Crippen LogP contribution is 2.22. The average Bonchev–Trinajstić information content (AvgIpc) is 2.52. The van der Waals surface area contributed by atoms with E-state index < -0.39 is 7.12 Å². The molecule has 0 bridgehead atoms. The largest absolute Gasteiger partial charge is 0.491 e. The van der Waals surface area contributed by atoms with Gasteiger partial charge in [-0.05, 0) is 43.3 Å². The molecule has 1 aromatic carbocycles. The van der Waals surface area contributed by atoms with Crippen molar-refractivity contribution in [3.05, 3.63) is 24.3 Å². The molecule has 2 atom stereocenters. The second-order valence-electron chi connectivity index (χ2n) is 5.31. The number of benzene rings is 1. The van der Waals surface area contributed by atoms with E-state index in [0.717, 1.165) is 25.7 Å². The first kappa shape index (κ1) is 16.3. The summed E-state index contributed by atoms with van der Waals surface area (Å²) < 4.78 is 16.7. The van der Waals surface area contributed by atoms with Crippen LogP contribution in [0.25, 0.3) is 0 Å². The maximum absolute atomic E-state index is 9.10. The van der Waals surface area contributed by atoms with Crippen LogP contribution < -0.4 is 10.2 Å². The minimum Gasteiger partial charge on any atom is -0.491 e. The van der Waals surface area contributed by atoms with Crippen molar-refractivity contribution in [2.75, 3.05) is 20.3 Å². The van der Waals surface area contributed by atoms with E-state index in [-0.39, 0.29) is 6.10 Å². The molecule has 116 valence electrons. The number of methoxy groups -OCH3 is 1. The first-order valence-electron chi connectivity index (χ1n) is 7.42. The quantitative estimate of drug-likeness (QED) is 0.573. The van der Waals surface area contributed by atoms with E-state index in [9.17, 15) is 0 Å². The van der Waals surface area contributed by atoms with E-state index in [1.54, 1.807) is 31.4 Å². The summed E-state index contributed by atoms with van der Waals surface area (Å²) in [6.45, 7) is 0.964. The van der Waals surface area contributed by atoms with Crippen LogP contribution in [0, 0.1) is 0 Å². The Labute approximate surface area is 126 Å². The van der Waals surface area contributed by atoms with Crippen molar-refractivity contribution in [2.45, 2.75) is 37.9 Å². The van der Waals surface area contributed by atoms with Gasteiger partial charge < -0.3 is 24.3 Å². The highest BCUT2D eigenvalue weighted by molar-refractivity contribution is 6.58. The van der Waals surface area contributed by atoms with Crippen molar-refractivity contribution in [3.63, 3.8) is 0 Å². The van der Waals surface area contributed by atoms with Gasteiger partial charge in [0.25, 0.3) is 0 Å². The van der Waals surface area contributed by atoms with Crippen molar-refractivity contribution in [2.24, 2.45) is 0 Å². The van der Waals surface area contributed by atoms with Crippen LogP contribution in [0.3, 0.4) is 0 Å². The Morgan fingerprint density at radius 2 is 2.00 bits per heavy atom. The first-order chi connectivity index (χ1) is 10.2. The van der Waals surface area contributed by atoms with Crippen LogP contribution in [0.1, 0.15) is 25.7 Å². The Bertz CT molecular complexity index is 426. The maximum Gasteiger partial charge on any atom is 0.488 e. The van der Waals surface area contributed by atoms with E-state index in [1.165, 1.54) is 0 Å². The molecule has 0 radical (unpaired) electrons. The normalized spacial score (nSPS) is 22.0. The Morgan fingerprint density at radius 3 is 2.76 bits per heavy atom. The number of rotatable bonds is 7. The fourth-order valence-electron chi connectivity index (χ4n) is 2.61. The number of hydrogen-bond donors (Lipinski definition) is 2. The Hall–Kier alpha value is -1.08. The first-order valence-corrected chi connectivity index (χ1v) is 7.42. The number of hydrogen-bond acceptors (Lipinski definition) is 5. The van der Waals surface area contributed by atoms with E-state index in [1.807, 2.05) is 0 Å². The lowest BCUT2D eigenvalue weighted by Gasteiger charge is -2.28. The second kappa shape index (κ2) is 8.39. The van der Waals surface area contributed by atoms with Crippen LogP contribution in [0.4, 0.5) is 0 Å². The fourth-order valence-corrected chi connectivity index (χ4v) is 2.61. The van der Waals surface area contributed by atoms with Crippen LogP contribution in [-0.4, -0.2) is 49.7 Å². The van der Waals surface area contributed by atoms with Crippen LogP contribution in [0.5, 0.6) is 5.75 Å². The van der Waals surface area contributed by atoms with Gasteiger partial charge in [-0.25, -0.2) is 0 Å². The van der Waals surface area contributed by atoms with Crippen molar-refractivity contribution < 1.29 is 24.3 Å². The smallest absolute Gasteiger partial charge is 0.488 e. The summed E-state index contributed by atoms with van der Waals surface area (Å²) in [4.78, 5) is 0. The van der Waals surface area contributed by atoms with Gasteiger partial charge in [-0.1, -0.05) is 12.1 Å². The van der Waals surface area contributed by atoms with Crippen molar-refractivity contribution in [3.8, 4) is 5.75 Å². The van der Waals surface area contributed by atoms with E-state index in [2.05, 4.69) is 0 Å². The monoisotopic (exact) mass is 294 g/mol. The molecule has 2 N–H and O–H groups in total. The molecule has 6 heteroatoms. The van der Waals surface area contributed by atoms with Crippen LogP contribution in [0.15, 0.2) is 24.3 Å². The lowest BCUT2D eigenvalue weighted by molar-refractivity contribution is -0.0362. The second-order valence-corrected chi connectivity index (χ2v) is 5.31. The molecule has 0 aliphatic heterocycles. The third-order valence-corrected chi connectivity index (χ3v) is 3.77. The molecule has 0 amide bonds. The topological polar surface area (TPSA) is 68.2 Å². The molecular formula is C15H23BO5. The Kier molecular flexibility index (Phi) is 6.51. The summed E-state index contributed by atoms with van der Waals surface area (Å²) in [6.07, 6.45) is 4.84. The highest BCUT2D eigenvalue weighted by atomic mass is 16.5. The standard InChI is InChI=1S/C15H23BO5/c1-19-13-5-3-7-15(11-13)21-9-8-20-14-6-2-4-12(10-14)16(17)18/h2,4,6,10,13,15,17-18H,3,5,7-9,11H2,1H3. The van der Waals surface area contributed by atoms with Crippen molar-refractivity contribution in [1.29, 1.82) is 0 Å². The van der Waals surface area contributed by atoms with Gasteiger partial charge in [-0.2, -0.15) is 0 Å². The summed E-state index contributed by atoms with van der Waals surface area (Å²) in [5.41, 5.74) is 0.420. The minimum absolute atomic E-state index is 0.248. The zero-order valence-electron chi connectivity index (χ0n) is 12.4. The van der Waals surface area contributed by atoms with Crippen molar-refractivity contribution >= 4 is 12.6 Å². The molecule has 21 heavy (non-hydrogen) atoms. The van der Waals surface area contributed by atoms with Crippen LogP contribution in [-0.2, 0) is 9.47 Å². The van der Waals surface area contributed by atoms with E-state index in [0.29, 0.717) is 30.5 Å². The molecule has 1 aliphatic rings. The third-order valence-electron chi connectivity index (χ3n) is 3.77. The predicted octanol–water partition coefficient (Wildman–Crippen LogP) is 0.719. The van der Waals surface area contributed by atoms with Gasteiger partial charge in [0.1, 0.15) is 12.4 Å². The highest BCUT2D eigenvalue weighted by Gasteiger charge is 2.21. The van der Waals surface area contributed by atoms with Gasteiger partial charge in [-0.3, -0.25) is 0 Å². The van der Waals surface area contributed by atoms with Gasteiger partial charge in [-0.15, -0.1) is 0 Å². The predicted molar refractivity (Wildman–Crippen MR) is 80.8 cm³/mol. The van der Waals surface area contributed by atoms with Crippen molar-refractivity contribution in [1.82, 2.24) is 0 Å². The summed E-state index contributed by atoms with van der Waals surface area (Å²) in [7, 11) is 0.275. The fraction of sp³-hybridized carbons (Fsp3) is 0.600. The van der Waals surface area contributed by atoms with Gasteiger partial charge in [0.05, 0.1) is 18.8 Å². The minimum atomic E-state index is -1.47. The van der Waals surface area contributed by atoms with Gasteiger partial charge in [0.15, 0.2) is 0 Å². The van der Waals surface area contributed by atoms with Crippen LogP contribution >= 0.6 is 0 Å². The maximum atomic E-state index is 9.10. The van der Waals surface area contributed by atoms with Crippen LogP contribution in [0.2, 0.25) is 0 Å². The lowest BCUT2D eigenvalue weighted by Crippen LogP contribution is -2.30. The zero-order chi connectivity index (χ0) is 15.1. The van der Waals surface area contributed by atoms with Gasteiger partial charge in [0, 0.05) is 7.11 Å². The van der Waals surface area contributed by atoms with E-state index in [4.69, 9.17) is 24.3 Å². The molecule has 0 aromatic heterocycles. The molecule has 0 spiro atoms. The summed E-state index contributed by atoms with van der Waals surface area (Å²) in [5.74, 6) is 0.614. The zero-order valence-corrected chi connectivity index (χ0v) is 12.4. The Morgan fingerprint density at radius 1 is 1.19 bits per heavy atom. The molecule has 1 fully saturated rings. The summed E-state index contributed by atoms with van der Waals surface area (Å²) in [5, 5.41) is 18.2. The van der Waals surface area contributed by atoms with Gasteiger partial charge >= 0.3 is 7.12 Å². The average molecular weight is 294 g/mol. The molecule has 5 nitrogen and oxygen atoms in total. The van der Waals surface area contributed by atoms with E-state index >= 15 is 0 Å².